The highest BCUT2D eigenvalue weighted by Crippen LogP contribution is 2.47. The maximum absolute atomic E-state index is 13.2. The van der Waals surface area contributed by atoms with Gasteiger partial charge in [0.15, 0.2) is 10.1 Å². The summed E-state index contributed by atoms with van der Waals surface area (Å²) in [5, 5.41) is 23.0. The lowest BCUT2D eigenvalue weighted by atomic mass is 9.76. The molecule has 0 fully saturated rings. The van der Waals surface area contributed by atoms with E-state index in [1.165, 1.54) is 23.1 Å². The summed E-state index contributed by atoms with van der Waals surface area (Å²) in [6.07, 6.45) is 1.63. The number of para-hydroxylation sites is 1. The second-order valence-electron chi connectivity index (χ2n) is 8.65. The van der Waals surface area contributed by atoms with E-state index in [9.17, 15) is 14.9 Å². The maximum Gasteiger partial charge on any atom is 0.234 e. The Labute approximate surface area is 247 Å². The van der Waals surface area contributed by atoms with Crippen molar-refractivity contribution in [3.05, 3.63) is 85.8 Å². The SMILES string of the molecule is N#CC1=C(N)N(c2nnc(SCC(=O)Nc3c(Cl)cccc3Cl)s2)C2=C(C(=O)CCC2)C1c1ccc(Cl)cc1. The zero-order chi connectivity index (χ0) is 27.7. The largest absolute Gasteiger partial charge is 0.384 e. The van der Waals surface area contributed by atoms with Gasteiger partial charge in [-0.2, -0.15) is 5.26 Å². The summed E-state index contributed by atoms with van der Waals surface area (Å²) in [5.74, 6) is -0.700. The van der Waals surface area contributed by atoms with Crippen LogP contribution in [0.1, 0.15) is 30.7 Å². The summed E-state index contributed by atoms with van der Waals surface area (Å²) < 4.78 is 0.515. The number of halogens is 3. The van der Waals surface area contributed by atoms with Crippen molar-refractivity contribution in [3.63, 3.8) is 0 Å². The molecule has 198 valence electrons. The summed E-state index contributed by atoms with van der Waals surface area (Å²) in [7, 11) is 0. The predicted octanol–water partition coefficient (Wildman–Crippen LogP) is 6.53. The van der Waals surface area contributed by atoms with Crippen molar-refractivity contribution in [2.24, 2.45) is 5.73 Å². The molecule has 0 saturated carbocycles. The Hall–Kier alpha value is -3.07. The fourth-order valence-corrected chi connectivity index (χ4v) is 6.86. The Kier molecular flexibility index (Phi) is 8.16. The topological polar surface area (TPSA) is 125 Å². The van der Waals surface area contributed by atoms with E-state index in [2.05, 4.69) is 21.6 Å². The van der Waals surface area contributed by atoms with E-state index in [4.69, 9.17) is 40.5 Å². The van der Waals surface area contributed by atoms with Crippen LogP contribution in [0.3, 0.4) is 0 Å². The average molecular weight is 618 g/mol. The monoisotopic (exact) mass is 616 g/mol. The van der Waals surface area contributed by atoms with Crippen molar-refractivity contribution in [3.8, 4) is 6.07 Å². The molecule has 0 radical (unpaired) electrons. The van der Waals surface area contributed by atoms with E-state index >= 15 is 0 Å². The maximum atomic E-state index is 13.2. The third kappa shape index (κ3) is 5.51. The molecule has 39 heavy (non-hydrogen) atoms. The van der Waals surface area contributed by atoms with Gasteiger partial charge >= 0.3 is 0 Å². The van der Waals surface area contributed by atoms with Crippen LogP contribution < -0.4 is 16.0 Å². The number of aromatic nitrogens is 2. The van der Waals surface area contributed by atoms with E-state index in [1.54, 1.807) is 47.4 Å². The summed E-state index contributed by atoms with van der Waals surface area (Å²) in [5.41, 5.74) is 9.19. The van der Waals surface area contributed by atoms with Gasteiger partial charge in [0, 0.05) is 22.7 Å². The van der Waals surface area contributed by atoms with Crippen molar-refractivity contribution in [1.29, 1.82) is 5.26 Å². The normalized spacial score (nSPS) is 17.2. The Morgan fingerprint density at radius 2 is 1.87 bits per heavy atom. The summed E-state index contributed by atoms with van der Waals surface area (Å²) in [6.45, 7) is 0. The number of amides is 1. The standard InChI is InChI=1S/C26H19Cl3N6O2S2/c27-14-9-7-13(8-10-14)21-15(11-30)24(31)35(18-5-2-6-19(36)22(18)21)25-33-34-26(39-25)38-12-20(37)32-23-16(28)3-1-4-17(23)29/h1,3-4,7-10,21H,2,5-6,12,31H2,(H,32,37). The Morgan fingerprint density at radius 1 is 1.15 bits per heavy atom. The molecule has 1 aliphatic carbocycles. The molecule has 1 aromatic heterocycles. The first-order chi connectivity index (χ1) is 18.8. The van der Waals surface area contributed by atoms with E-state index in [0.717, 1.165) is 5.56 Å². The van der Waals surface area contributed by atoms with Crippen LogP contribution in [-0.4, -0.2) is 27.6 Å². The third-order valence-electron chi connectivity index (χ3n) is 6.26. The van der Waals surface area contributed by atoms with Gasteiger partial charge in [-0.1, -0.05) is 76.1 Å². The van der Waals surface area contributed by atoms with Crippen molar-refractivity contribution in [2.75, 3.05) is 16.0 Å². The van der Waals surface area contributed by atoms with Crippen LogP contribution in [0.25, 0.3) is 0 Å². The highest BCUT2D eigenvalue weighted by Gasteiger charge is 2.41. The second-order valence-corrected chi connectivity index (χ2v) is 12.1. The van der Waals surface area contributed by atoms with Crippen LogP contribution in [-0.2, 0) is 9.59 Å². The first kappa shape index (κ1) is 27.5. The van der Waals surface area contributed by atoms with Gasteiger partial charge in [-0.3, -0.25) is 14.5 Å². The van der Waals surface area contributed by atoms with Crippen molar-refractivity contribution in [2.45, 2.75) is 29.5 Å². The van der Waals surface area contributed by atoms with E-state index in [0.29, 0.717) is 60.8 Å². The number of anilines is 2. The number of thioether (sulfide) groups is 1. The first-order valence-electron chi connectivity index (χ1n) is 11.7. The summed E-state index contributed by atoms with van der Waals surface area (Å²) in [6, 6.07) is 14.2. The second kappa shape index (κ2) is 11.6. The van der Waals surface area contributed by atoms with Gasteiger partial charge in [-0.15, -0.1) is 10.2 Å². The minimum absolute atomic E-state index is 0.0320. The molecule has 1 amide bonds. The molecule has 0 bridgehead atoms. The third-order valence-corrected chi connectivity index (χ3v) is 9.18. The molecule has 2 aromatic carbocycles. The Balaban J connectivity index is 1.42. The lowest BCUT2D eigenvalue weighted by molar-refractivity contribution is -0.116. The molecule has 1 atom stereocenters. The number of nitrogens with zero attached hydrogens (tertiary/aromatic N) is 4. The smallest absolute Gasteiger partial charge is 0.234 e. The zero-order valence-corrected chi connectivity index (χ0v) is 24.0. The number of hydrogen-bond acceptors (Lipinski definition) is 9. The number of rotatable bonds is 6. The number of ketones is 1. The lowest BCUT2D eigenvalue weighted by Gasteiger charge is -2.38. The van der Waals surface area contributed by atoms with Crippen LogP contribution in [0.15, 0.2) is 69.5 Å². The Morgan fingerprint density at radius 3 is 2.56 bits per heavy atom. The zero-order valence-electron chi connectivity index (χ0n) is 20.1. The minimum atomic E-state index is -0.589. The van der Waals surface area contributed by atoms with E-state index in [1.807, 2.05) is 0 Å². The number of nitriles is 1. The number of carbonyl (C=O) groups is 2. The van der Waals surface area contributed by atoms with Gasteiger partial charge in [0.25, 0.3) is 0 Å². The molecule has 0 saturated heterocycles. The van der Waals surface area contributed by atoms with Gasteiger partial charge in [0.1, 0.15) is 5.82 Å². The fraction of sp³-hybridized carbons (Fsp3) is 0.192. The number of allylic oxidation sites excluding steroid dienone is 3. The van der Waals surface area contributed by atoms with Gasteiger partial charge in [-0.05, 0) is 42.7 Å². The van der Waals surface area contributed by atoms with Crippen LogP contribution in [0.4, 0.5) is 10.8 Å². The number of Topliss-reactive ketones (excluding diaryl/α,β-unsaturated/α-hetero) is 1. The van der Waals surface area contributed by atoms with Crippen LogP contribution in [0.5, 0.6) is 0 Å². The number of nitrogens with one attached hydrogen (secondary N) is 1. The number of carbonyl (C=O) groups excluding carboxylic acids is 2. The predicted molar refractivity (Wildman–Crippen MR) is 155 cm³/mol. The quantitative estimate of drug-likeness (QED) is 0.299. The molecule has 2 aliphatic rings. The van der Waals surface area contributed by atoms with Gasteiger partial charge in [0.05, 0.1) is 39.0 Å². The van der Waals surface area contributed by atoms with Crippen LogP contribution >= 0.6 is 57.9 Å². The highest BCUT2D eigenvalue weighted by molar-refractivity contribution is 8.01. The van der Waals surface area contributed by atoms with Crippen LogP contribution in [0.2, 0.25) is 15.1 Å². The average Bonchev–Trinajstić information content (AvgIpc) is 3.38. The molecule has 3 aromatic rings. The number of nitrogens with two attached hydrogens (primary N) is 1. The molecular formula is C26H19Cl3N6O2S2. The van der Waals surface area contributed by atoms with E-state index in [-0.39, 0.29) is 28.8 Å². The Bertz CT molecular complexity index is 1560. The molecular weight excluding hydrogens is 599 g/mol. The van der Waals surface area contributed by atoms with Gasteiger partial charge in [0.2, 0.25) is 11.0 Å². The van der Waals surface area contributed by atoms with Gasteiger partial charge < -0.3 is 11.1 Å². The molecule has 0 spiro atoms. The van der Waals surface area contributed by atoms with Crippen molar-refractivity contribution < 1.29 is 9.59 Å². The lowest BCUT2D eigenvalue weighted by Crippen LogP contribution is -2.38. The highest BCUT2D eigenvalue weighted by atomic mass is 35.5. The van der Waals surface area contributed by atoms with Crippen LogP contribution in [0, 0.1) is 11.3 Å². The van der Waals surface area contributed by atoms with E-state index < -0.39 is 5.92 Å². The summed E-state index contributed by atoms with van der Waals surface area (Å²) >= 11 is 20.7. The molecule has 8 nitrogen and oxygen atoms in total. The van der Waals surface area contributed by atoms with Gasteiger partial charge in [-0.25, -0.2) is 0 Å². The molecule has 1 aliphatic heterocycles. The fourth-order valence-electron chi connectivity index (χ4n) is 4.56. The first-order valence-corrected chi connectivity index (χ1v) is 14.6. The number of hydrogen-bond donors (Lipinski definition) is 2. The molecule has 13 heteroatoms. The van der Waals surface area contributed by atoms with Crippen molar-refractivity contribution in [1.82, 2.24) is 10.2 Å². The van der Waals surface area contributed by atoms with Crippen molar-refractivity contribution >= 4 is 80.4 Å². The molecule has 1 unspecified atom stereocenters. The summed E-state index contributed by atoms with van der Waals surface area (Å²) in [4.78, 5) is 27.4. The minimum Gasteiger partial charge on any atom is -0.384 e. The number of benzene rings is 2. The molecule has 2 heterocycles. The molecule has 3 N–H and O–H groups in total. The molecule has 5 rings (SSSR count).